The fourth-order valence-corrected chi connectivity index (χ4v) is 2.10. The van der Waals surface area contributed by atoms with Gasteiger partial charge >= 0.3 is 0 Å². The van der Waals surface area contributed by atoms with Crippen LogP contribution in [0.25, 0.3) is 0 Å². The molecule has 1 aromatic rings. The van der Waals surface area contributed by atoms with Crippen LogP contribution in [-0.4, -0.2) is 23.8 Å². The number of aryl methyl sites for hydroxylation is 1. The van der Waals surface area contributed by atoms with Crippen LogP contribution in [0.2, 0.25) is 0 Å². The number of hydrogen-bond donors (Lipinski definition) is 2. The number of carbonyl (C=O) groups is 2. The lowest BCUT2D eigenvalue weighted by Gasteiger charge is -2.24. The first kappa shape index (κ1) is 21.6. The van der Waals surface area contributed by atoms with E-state index in [0.717, 1.165) is 19.3 Å². The number of Topliss-reactive ketones (excluding diaryl/α,β-unsaturated/α-hetero) is 1. The summed E-state index contributed by atoms with van der Waals surface area (Å²) in [5.74, 6) is -0.133. The molecule has 0 aromatic heterocycles. The summed E-state index contributed by atoms with van der Waals surface area (Å²) in [6.07, 6.45) is 3.78. The fraction of sp³-hybridized carbons (Fsp3) is 0.556. The Morgan fingerprint density at radius 3 is 2.26 bits per heavy atom. The van der Waals surface area contributed by atoms with E-state index in [4.69, 9.17) is 5.73 Å². The second-order valence-corrected chi connectivity index (χ2v) is 6.36. The Kier molecular flexibility index (Phi) is 9.77. The van der Waals surface area contributed by atoms with Gasteiger partial charge in [0.15, 0.2) is 5.78 Å². The molecule has 1 amide bonds. The van der Waals surface area contributed by atoms with Gasteiger partial charge in [0.2, 0.25) is 5.91 Å². The van der Waals surface area contributed by atoms with Gasteiger partial charge < -0.3 is 11.1 Å². The number of unbranched alkanes of at least 4 members (excludes halogenated alkanes) is 1. The minimum absolute atomic E-state index is 0. The summed E-state index contributed by atoms with van der Waals surface area (Å²) >= 11 is 0. The molecule has 0 radical (unpaired) electrons. The third-order valence-electron chi connectivity index (χ3n) is 3.66. The molecule has 0 fully saturated rings. The van der Waals surface area contributed by atoms with Crippen LogP contribution in [0.3, 0.4) is 0 Å². The van der Waals surface area contributed by atoms with Crippen molar-refractivity contribution in [3.8, 4) is 0 Å². The van der Waals surface area contributed by atoms with Crippen LogP contribution in [0.4, 0.5) is 0 Å². The molecule has 0 saturated carbocycles. The van der Waals surface area contributed by atoms with Gasteiger partial charge in [-0.05, 0) is 32.3 Å². The third-order valence-corrected chi connectivity index (χ3v) is 3.66. The monoisotopic (exact) mass is 340 g/mol. The number of benzene rings is 1. The van der Waals surface area contributed by atoms with Crippen LogP contribution >= 0.6 is 12.4 Å². The first-order valence-electron chi connectivity index (χ1n) is 8.01. The molecule has 3 N–H and O–H groups in total. The van der Waals surface area contributed by atoms with E-state index in [0.29, 0.717) is 12.1 Å². The number of nitrogens with two attached hydrogens (primary N) is 1. The van der Waals surface area contributed by atoms with E-state index in [2.05, 4.69) is 12.2 Å². The maximum absolute atomic E-state index is 12.1. The summed E-state index contributed by atoms with van der Waals surface area (Å²) in [6.45, 7) is 6.25. The summed E-state index contributed by atoms with van der Waals surface area (Å²) in [5, 5.41) is 2.83. The highest BCUT2D eigenvalue weighted by atomic mass is 35.5. The number of rotatable bonds is 9. The second-order valence-electron chi connectivity index (χ2n) is 6.36. The van der Waals surface area contributed by atoms with Crippen molar-refractivity contribution in [3.63, 3.8) is 0 Å². The van der Waals surface area contributed by atoms with Crippen molar-refractivity contribution in [2.45, 2.75) is 58.4 Å². The van der Waals surface area contributed by atoms with Crippen molar-refractivity contribution in [1.82, 2.24) is 5.32 Å². The van der Waals surface area contributed by atoms with Crippen molar-refractivity contribution >= 4 is 24.1 Å². The Morgan fingerprint density at radius 1 is 1.13 bits per heavy atom. The van der Waals surface area contributed by atoms with E-state index in [-0.39, 0.29) is 36.9 Å². The van der Waals surface area contributed by atoms with Crippen LogP contribution in [0.15, 0.2) is 24.3 Å². The predicted molar refractivity (Wildman–Crippen MR) is 97.1 cm³/mol. The van der Waals surface area contributed by atoms with Gasteiger partial charge in [-0.25, -0.2) is 0 Å². The minimum Gasteiger partial charge on any atom is -0.350 e. The molecule has 1 aromatic carbocycles. The average molecular weight is 341 g/mol. The SMILES string of the molecule is CCCCc1ccc(C(=O)CCC(=O)NC(C)(C)CN)cc1.Cl. The first-order chi connectivity index (χ1) is 10.4. The molecule has 5 heteroatoms. The molecule has 0 heterocycles. The van der Waals surface area contributed by atoms with Gasteiger partial charge in [0.1, 0.15) is 0 Å². The van der Waals surface area contributed by atoms with Crippen molar-refractivity contribution in [2.75, 3.05) is 6.54 Å². The molecule has 0 aliphatic carbocycles. The van der Waals surface area contributed by atoms with Gasteiger partial charge in [-0.2, -0.15) is 0 Å². The fourth-order valence-electron chi connectivity index (χ4n) is 2.10. The quantitative estimate of drug-likeness (QED) is 0.678. The second kappa shape index (κ2) is 10.4. The Labute approximate surface area is 145 Å². The van der Waals surface area contributed by atoms with E-state index in [1.807, 2.05) is 38.1 Å². The molecule has 0 bridgehead atoms. The van der Waals surface area contributed by atoms with Gasteiger partial charge in [-0.1, -0.05) is 37.6 Å². The van der Waals surface area contributed by atoms with Crippen molar-refractivity contribution in [3.05, 3.63) is 35.4 Å². The molecule has 0 unspecified atom stereocenters. The molecular weight excluding hydrogens is 312 g/mol. The summed E-state index contributed by atoms with van der Waals surface area (Å²) < 4.78 is 0. The molecule has 4 nitrogen and oxygen atoms in total. The Bertz CT molecular complexity index is 498. The number of hydrogen-bond acceptors (Lipinski definition) is 3. The Morgan fingerprint density at radius 2 is 1.74 bits per heavy atom. The topological polar surface area (TPSA) is 72.2 Å². The van der Waals surface area contributed by atoms with E-state index < -0.39 is 5.54 Å². The molecule has 0 saturated heterocycles. The van der Waals surface area contributed by atoms with Crippen molar-refractivity contribution in [1.29, 1.82) is 0 Å². The normalized spacial score (nSPS) is 10.8. The summed E-state index contributed by atoms with van der Waals surface area (Å²) in [7, 11) is 0. The summed E-state index contributed by atoms with van der Waals surface area (Å²) in [5.41, 5.74) is 7.06. The maximum Gasteiger partial charge on any atom is 0.220 e. The zero-order valence-electron chi connectivity index (χ0n) is 14.4. The van der Waals surface area contributed by atoms with E-state index >= 15 is 0 Å². The van der Waals surface area contributed by atoms with Gasteiger partial charge in [0.25, 0.3) is 0 Å². The van der Waals surface area contributed by atoms with Crippen molar-refractivity contribution < 1.29 is 9.59 Å². The summed E-state index contributed by atoms with van der Waals surface area (Å²) in [6, 6.07) is 7.71. The highest BCUT2D eigenvalue weighted by Gasteiger charge is 2.18. The maximum atomic E-state index is 12.1. The highest BCUT2D eigenvalue weighted by Crippen LogP contribution is 2.11. The number of nitrogens with one attached hydrogen (secondary N) is 1. The number of ketones is 1. The smallest absolute Gasteiger partial charge is 0.220 e. The van der Waals surface area contributed by atoms with E-state index in [1.54, 1.807) is 0 Å². The lowest BCUT2D eigenvalue weighted by atomic mass is 10.0. The van der Waals surface area contributed by atoms with Gasteiger partial charge in [-0.15, -0.1) is 12.4 Å². The standard InChI is InChI=1S/C18H28N2O2.ClH/c1-4-5-6-14-7-9-15(10-8-14)16(21)11-12-17(22)20-18(2,3)13-19;/h7-10H,4-6,11-13,19H2,1-3H3,(H,20,22);1H. The first-order valence-corrected chi connectivity index (χ1v) is 8.01. The molecule has 1 rings (SSSR count). The lowest BCUT2D eigenvalue weighted by Crippen LogP contribution is -2.48. The number of halogens is 1. The van der Waals surface area contributed by atoms with Crippen LogP contribution in [0.5, 0.6) is 0 Å². The molecule has 130 valence electrons. The van der Waals surface area contributed by atoms with Crippen molar-refractivity contribution in [2.24, 2.45) is 5.73 Å². The van der Waals surface area contributed by atoms with Crippen LogP contribution in [0.1, 0.15) is 62.4 Å². The zero-order chi connectivity index (χ0) is 16.6. The molecule has 0 atom stereocenters. The van der Waals surface area contributed by atoms with E-state index in [9.17, 15) is 9.59 Å². The van der Waals surface area contributed by atoms with E-state index in [1.165, 1.54) is 5.56 Å². The largest absolute Gasteiger partial charge is 0.350 e. The molecule has 0 aliphatic heterocycles. The van der Waals surface area contributed by atoms with Crippen LogP contribution < -0.4 is 11.1 Å². The molecule has 0 spiro atoms. The lowest BCUT2D eigenvalue weighted by molar-refractivity contribution is -0.122. The number of carbonyl (C=O) groups excluding carboxylic acids is 2. The zero-order valence-corrected chi connectivity index (χ0v) is 15.2. The van der Waals surface area contributed by atoms with Gasteiger partial charge in [0, 0.05) is 30.5 Å². The Balaban J connectivity index is 0.00000484. The number of amides is 1. The summed E-state index contributed by atoms with van der Waals surface area (Å²) in [4.78, 5) is 23.9. The average Bonchev–Trinajstić information content (AvgIpc) is 2.50. The molecule has 0 aliphatic rings. The third kappa shape index (κ3) is 8.14. The minimum atomic E-state index is -0.430. The van der Waals surface area contributed by atoms with Gasteiger partial charge in [0.05, 0.1) is 0 Å². The van der Waals surface area contributed by atoms with Crippen LogP contribution in [0, 0.1) is 0 Å². The highest BCUT2D eigenvalue weighted by molar-refractivity contribution is 5.98. The Hall–Kier alpha value is -1.39. The van der Waals surface area contributed by atoms with Gasteiger partial charge in [-0.3, -0.25) is 9.59 Å². The van der Waals surface area contributed by atoms with Crippen LogP contribution in [-0.2, 0) is 11.2 Å². The molecule has 23 heavy (non-hydrogen) atoms. The predicted octanol–water partition coefficient (Wildman–Crippen LogP) is 3.27. The molecular formula is C18H29ClN2O2.